The van der Waals surface area contributed by atoms with E-state index >= 15 is 0 Å². The van der Waals surface area contributed by atoms with E-state index in [1.807, 2.05) is 0 Å². The van der Waals surface area contributed by atoms with Crippen LogP contribution in [0.25, 0.3) is 0 Å². The predicted octanol–water partition coefficient (Wildman–Crippen LogP) is 1.71. The number of nitrogens with zero attached hydrogens (tertiary/aromatic N) is 1. The van der Waals surface area contributed by atoms with Crippen molar-refractivity contribution in [1.82, 2.24) is 5.06 Å². The number of amides is 1. The second kappa shape index (κ2) is 7.13. The number of hydroxylamine groups is 2. The number of hydrogen-bond acceptors (Lipinski definition) is 4. The lowest BCUT2D eigenvalue weighted by molar-refractivity contribution is -0.197. The van der Waals surface area contributed by atoms with Crippen molar-refractivity contribution in [2.75, 3.05) is 7.05 Å². The summed E-state index contributed by atoms with van der Waals surface area (Å²) in [5.74, 6) is -0.105. The first-order valence-electron chi connectivity index (χ1n) is 6.46. The maximum absolute atomic E-state index is 11.8. The van der Waals surface area contributed by atoms with Crippen LogP contribution in [0.3, 0.4) is 0 Å². The van der Waals surface area contributed by atoms with E-state index < -0.39 is 0 Å². The van der Waals surface area contributed by atoms with Crippen LogP contribution < -0.4 is 0 Å². The van der Waals surface area contributed by atoms with Gasteiger partial charge in [0.1, 0.15) is 6.29 Å². The van der Waals surface area contributed by atoms with Gasteiger partial charge in [0.15, 0.2) is 0 Å². The fourth-order valence-corrected chi connectivity index (χ4v) is 2.10. The van der Waals surface area contributed by atoms with Crippen LogP contribution in [0.4, 0.5) is 0 Å². The molecule has 0 aromatic heterocycles. The van der Waals surface area contributed by atoms with Gasteiger partial charge in [0.2, 0.25) is 0 Å². The Morgan fingerprint density at radius 2 is 1.89 bits per heavy atom. The van der Waals surface area contributed by atoms with Crippen molar-refractivity contribution in [3.63, 3.8) is 0 Å². The van der Waals surface area contributed by atoms with Crippen LogP contribution in [0.1, 0.15) is 45.4 Å². The quantitative estimate of drug-likeness (QED) is 0.566. The topological polar surface area (TPSA) is 63.7 Å². The van der Waals surface area contributed by atoms with Gasteiger partial charge in [-0.1, -0.05) is 6.92 Å². The Morgan fingerprint density at radius 3 is 2.44 bits per heavy atom. The summed E-state index contributed by atoms with van der Waals surface area (Å²) < 4.78 is 0. The Bertz CT molecular complexity index is 308. The molecular formula is C13H21NO4. The number of aldehydes is 1. The zero-order valence-corrected chi connectivity index (χ0v) is 11.1. The van der Waals surface area contributed by atoms with E-state index in [0.717, 1.165) is 30.7 Å². The molecule has 1 saturated carbocycles. The van der Waals surface area contributed by atoms with Gasteiger partial charge in [0.05, 0.1) is 5.92 Å². The summed E-state index contributed by atoms with van der Waals surface area (Å²) in [5, 5.41) is 0.948. The van der Waals surface area contributed by atoms with E-state index in [-0.39, 0.29) is 30.6 Å². The maximum Gasteiger partial charge on any atom is 0.335 e. The van der Waals surface area contributed by atoms with Crippen LogP contribution in [0.5, 0.6) is 0 Å². The summed E-state index contributed by atoms with van der Waals surface area (Å²) in [4.78, 5) is 38.4. The molecule has 0 aromatic carbocycles. The van der Waals surface area contributed by atoms with Crippen molar-refractivity contribution in [3.05, 3.63) is 0 Å². The molecule has 0 heterocycles. The molecule has 0 saturated heterocycles. The third-order valence-corrected chi connectivity index (χ3v) is 3.40. The monoisotopic (exact) mass is 255 g/mol. The van der Waals surface area contributed by atoms with E-state index in [1.165, 1.54) is 7.05 Å². The fraction of sp³-hybridized carbons (Fsp3) is 0.769. The van der Waals surface area contributed by atoms with Gasteiger partial charge in [-0.3, -0.25) is 4.79 Å². The minimum absolute atomic E-state index is 0.0784. The average Bonchev–Trinajstić information content (AvgIpc) is 2.36. The molecule has 5 nitrogen and oxygen atoms in total. The molecule has 0 radical (unpaired) electrons. The van der Waals surface area contributed by atoms with E-state index in [9.17, 15) is 14.4 Å². The molecule has 1 amide bonds. The Hall–Kier alpha value is -1.39. The highest BCUT2D eigenvalue weighted by Gasteiger charge is 2.27. The number of carbonyl (C=O) groups is 3. The second-order valence-electron chi connectivity index (χ2n) is 4.96. The van der Waals surface area contributed by atoms with E-state index in [0.29, 0.717) is 12.2 Å². The van der Waals surface area contributed by atoms with Gasteiger partial charge in [-0.05, 0) is 31.6 Å². The lowest BCUT2D eigenvalue weighted by Crippen LogP contribution is -2.33. The van der Waals surface area contributed by atoms with Crippen LogP contribution in [-0.4, -0.2) is 30.3 Å². The summed E-state index contributed by atoms with van der Waals surface area (Å²) in [6.07, 6.45) is 4.63. The normalized spacial score (nSPS) is 23.2. The zero-order chi connectivity index (χ0) is 13.5. The van der Waals surface area contributed by atoms with Gasteiger partial charge in [-0.2, -0.15) is 5.06 Å². The first-order chi connectivity index (χ1) is 8.54. The van der Waals surface area contributed by atoms with Crippen molar-refractivity contribution in [2.45, 2.75) is 45.4 Å². The first-order valence-corrected chi connectivity index (χ1v) is 6.46. The smallest absolute Gasteiger partial charge is 0.335 e. The molecule has 0 aliphatic heterocycles. The lowest BCUT2D eigenvalue weighted by atomic mass is 9.83. The molecule has 0 atom stereocenters. The predicted molar refractivity (Wildman–Crippen MR) is 65.3 cm³/mol. The van der Waals surface area contributed by atoms with Crippen molar-refractivity contribution in [1.29, 1.82) is 0 Å². The maximum atomic E-state index is 11.8. The Labute approximate surface area is 107 Å². The minimum Gasteiger partial charge on any atom is -0.338 e. The fourth-order valence-electron chi connectivity index (χ4n) is 2.10. The van der Waals surface area contributed by atoms with Crippen LogP contribution in [0.15, 0.2) is 0 Å². The van der Waals surface area contributed by atoms with Gasteiger partial charge in [-0.25, -0.2) is 4.79 Å². The largest absolute Gasteiger partial charge is 0.338 e. The Morgan fingerprint density at radius 1 is 1.28 bits per heavy atom. The molecular weight excluding hydrogens is 234 g/mol. The van der Waals surface area contributed by atoms with Crippen molar-refractivity contribution < 1.29 is 19.2 Å². The summed E-state index contributed by atoms with van der Waals surface area (Å²) in [6.45, 7) is 2.18. The highest BCUT2D eigenvalue weighted by atomic mass is 16.7. The van der Waals surface area contributed by atoms with Crippen LogP contribution >= 0.6 is 0 Å². The molecule has 18 heavy (non-hydrogen) atoms. The molecule has 1 fully saturated rings. The standard InChI is InChI=1S/C13H21NO4/c1-10-5-7-11(8-6-10)13(17)18-14(2)12(16)4-3-9-15/h9-11H,3-8H2,1-2H3. The van der Waals surface area contributed by atoms with Gasteiger partial charge in [-0.15, -0.1) is 0 Å². The number of hydrogen-bond donors (Lipinski definition) is 0. The number of rotatable bonds is 4. The molecule has 1 aliphatic carbocycles. The third kappa shape index (κ3) is 4.47. The van der Waals surface area contributed by atoms with Crippen molar-refractivity contribution in [3.8, 4) is 0 Å². The molecule has 0 unspecified atom stereocenters. The third-order valence-electron chi connectivity index (χ3n) is 3.40. The molecule has 102 valence electrons. The van der Waals surface area contributed by atoms with Gasteiger partial charge in [0, 0.05) is 19.9 Å². The molecule has 0 bridgehead atoms. The number of carbonyl (C=O) groups excluding carboxylic acids is 3. The van der Waals surface area contributed by atoms with Crippen LogP contribution in [0.2, 0.25) is 0 Å². The van der Waals surface area contributed by atoms with Crippen molar-refractivity contribution >= 4 is 18.2 Å². The summed E-state index contributed by atoms with van der Waals surface area (Å²) in [7, 11) is 1.41. The Balaban J connectivity index is 2.34. The minimum atomic E-state index is -0.348. The van der Waals surface area contributed by atoms with Crippen molar-refractivity contribution in [2.24, 2.45) is 11.8 Å². The summed E-state index contributed by atoms with van der Waals surface area (Å²) >= 11 is 0. The summed E-state index contributed by atoms with van der Waals surface area (Å²) in [5.41, 5.74) is 0. The molecule has 1 aliphatic rings. The van der Waals surface area contributed by atoms with Gasteiger partial charge < -0.3 is 9.63 Å². The highest BCUT2D eigenvalue weighted by Crippen LogP contribution is 2.29. The van der Waals surface area contributed by atoms with E-state index in [1.54, 1.807) is 0 Å². The molecule has 0 aromatic rings. The SMILES string of the molecule is CC1CCC(C(=O)ON(C)C(=O)CCC=O)CC1. The molecule has 0 spiro atoms. The highest BCUT2D eigenvalue weighted by molar-refractivity contribution is 5.80. The van der Waals surface area contributed by atoms with Gasteiger partial charge >= 0.3 is 5.97 Å². The second-order valence-corrected chi connectivity index (χ2v) is 4.96. The first kappa shape index (κ1) is 14.7. The molecule has 1 rings (SSSR count). The van der Waals surface area contributed by atoms with E-state index in [4.69, 9.17) is 4.84 Å². The lowest BCUT2D eigenvalue weighted by Gasteiger charge is -2.26. The van der Waals surface area contributed by atoms with Crippen LogP contribution in [0, 0.1) is 11.8 Å². The van der Waals surface area contributed by atoms with Crippen LogP contribution in [-0.2, 0) is 19.2 Å². The molecule has 5 heteroatoms. The average molecular weight is 255 g/mol. The molecule has 0 N–H and O–H groups in total. The summed E-state index contributed by atoms with van der Waals surface area (Å²) in [6, 6.07) is 0. The Kier molecular flexibility index (Phi) is 5.82. The van der Waals surface area contributed by atoms with Gasteiger partial charge in [0.25, 0.3) is 5.91 Å². The zero-order valence-electron chi connectivity index (χ0n) is 11.1. The van der Waals surface area contributed by atoms with E-state index in [2.05, 4.69) is 6.92 Å².